The van der Waals surface area contributed by atoms with Gasteiger partial charge in [-0.15, -0.1) is 0 Å². The van der Waals surface area contributed by atoms with Crippen molar-refractivity contribution in [2.45, 2.75) is 20.0 Å². The molecule has 0 saturated heterocycles. The summed E-state index contributed by atoms with van der Waals surface area (Å²) in [6.07, 6.45) is 0. The average Bonchev–Trinajstić information content (AvgIpc) is 2.67. The number of benzene rings is 1. The first-order valence-electron chi connectivity index (χ1n) is 5.15. The predicted molar refractivity (Wildman–Crippen MR) is 59.9 cm³/mol. The van der Waals surface area contributed by atoms with Crippen molar-refractivity contribution >= 4 is 0 Å². The van der Waals surface area contributed by atoms with Crippen molar-refractivity contribution in [1.29, 1.82) is 0 Å². The molecule has 1 aromatic heterocycles. The Balaban J connectivity index is 1.87. The predicted octanol–water partition coefficient (Wildman–Crippen LogP) is 1.98. The molecular formula is C12H14N2O2. The lowest BCUT2D eigenvalue weighted by atomic mass is 10.2. The third-order valence-corrected chi connectivity index (χ3v) is 2.28. The van der Waals surface area contributed by atoms with E-state index in [9.17, 15) is 5.11 Å². The van der Waals surface area contributed by atoms with Gasteiger partial charge in [0.2, 0.25) is 0 Å². The van der Waals surface area contributed by atoms with Crippen LogP contribution >= 0.6 is 0 Å². The summed E-state index contributed by atoms with van der Waals surface area (Å²) < 4.78 is 5.06. The number of aryl methyl sites for hydroxylation is 1. The molecule has 0 aliphatic rings. The van der Waals surface area contributed by atoms with Gasteiger partial charge in [-0.2, -0.15) is 0 Å². The van der Waals surface area contributed by atoms with Gasteiger partial charge < -0.3 is 14.9 Å². The fraction of sp³-hybridized carbons (Fsp3) is 0.250. The molecule has 0 unspecified atom stereocenters. The quantitative estimate of drug-likeness (QED) is 0.823. The number of aromatic hydroxyl groups is 1. The van der Waals surface area contributed by atoms with Gasteiger partial charge in [-0.05, 0) is 13.0 Å². The maximum Gasteiger partial charge on any atom is 0.150 e. The van der Waals surface area contributed by atoms with Crippen molar-refractivity contribution in [1.82, 2.24) is 10.5 Å². The van der Waals surface area contributed by atoms with E-state index >= 15 is 0 Å². The maximum absolute atomic E-state index is 9.54. The second-order valence-electron chi connectivity index (χ2n) is 3.67. The number of hydrogen-bond donors (Lipinski definition) is 2. The highest BCUT2D eigenvalue weighted by atomic mass is 16.5. The fourth-order valence-corrected chi connectivity index (χ4v) is 1.48. The van der Waals surface area contributed by atoms with Gasteiger partial charge in [0.25, 0.3) is 0 Å². The molecule has 0 radical (unpaired) electrons. The van der Waals surface area contributed by atoms with E-state index in [0.717, 1.165) is 17.0 Å². The van der Waals surface area contributed by atoms with Crippen LogP contribution in [0.2, 0.25) is 0 Å². The summed E-state index contributed by atoms with van der Waals surface area (Å²) in [6, 6.07) is 9.15. The molecular weight excluding hydrogens is 204 g/mol. The number of nitrogens with one attached hydrogen (secondary N) is 1. The van der Waals surface area contributed by atoms with Gasteiger partial charge in [0.1, 0.15) is 5.75 Å². The second-order valence-corrected chi connectivity index (χ2v) is 3.67. The van der Waals surface area contributed by atoms with Crippen LogP contribution in [0.25, 0.3) is 0 Å². The number of rotatable bonds is 4. The Labute approximate surface area is 93.9 Å². The molecule has 0 saturated carbocycles. The Bertz CT molecular complexity index is 466. The smallest absolute Gasteiger partial charge is 0.150 e. The molecule has 0 spiro atoms. The van der Waals surface area contributed by atoms with E-state index in [2.05, 4.69) is 10.5 Å². The summed E-state index contributed by atoms with van der Waals surface area (Å²) in [5, 5.41) is 16.5. The van der Waals surface area contributed by atoms with E-state index in [1.54, 1.807) is 12.1 Å². The molecule has 84 valence electrons. The first-order chi connectivity index (χ1) is 7.75. The summed E-state index contributed by atoms with van der Waals surface area (Å²) >= 11 is 0. The van der Waals surface area contributed by atoms with Crippen LogP contribution in [-0.2, 0) is 13.1 Å². The Morgan fingerprint density at radius 2 is 2.12 bits per heavy atom. The lowest BCUT2D eigenvalue weighted by molar-refractivity contribution is 0.368. The Kier molecular flexibility index (Phi) is 3.22. The van der Waals surface area contributed by atoms with Gasteiger partial charge in [-0.1, -0.05) is 23.4 Å². The number of para-hydroxylation sites is 1. The molecule has 16 heavy (non-hydrogen) atoms. The van der Waals surface area contributed by atoms with Crippen LogP contribution in [0.3, 0.4) is 0 Å². The van der Waals surface area contributed by atoms with Gasteiger partial charge in [-0.3, -0.25) is 0 Å². The lowest BCUT2D eigenvalue weighted by Crippen LogP contribution is -2.12. The molecule has 1 heterocycles. The van der Waals surface area contributed by atoms with Crippen molar-refractivity contribution in [2.75, 3.05) is 0 Å². The van der Waals surface area contributed by atoms with Crippen molar-refractivity contribution in [3.05, 3.63) is 47.3 Å². The lowest BCUT2D eigenvalue weighted by Gasteiger charge is -2.04. The van der Waals surface area contributed by atoms with Crippen molar-refractivity contribution in [3.8, 4) is 5.75 Å². The molecule has 0 aliphatic heterocycles. The number of phenolic OH excluding ortho intramolecular Hbond substituents is 1. The topological polar surface area (TPSA) is 58.3 Å². The molecule has 0 fully saturated rings. The number of aromatic nitrogens is 1. The van der Waals surface area contributed by atoms with Crippen LogP contribution in [0.15, 0.2) is 34.9 Å². The van der Waals surface area contributed by atoms with Crippen LogP contribution in [0, 0.1) is 6.92 Å². The highest BCUT2D eigenvalue weighted by molar-refractivity contribution is 5.31. The van der Waals surface area contributed by atoms with Crippen molar-refractivity contribution in [2.24, 2.45) is 0 Å². The van der Waals surface area contributed by atoms with E-state index in [4.69, 9.17) is 4.52 Å². The zero-order valence-corrected chi connectivity index (χ0v) is 9.10. The number of hydrogen-bond acceptors (Lipinski definition) is 4. The number of phenols is 1. The monoisotopic (exact) mass is 218 g/mol. The SMILES string of the molecule is Cc1cc(CNCc2ccccc2O)on1. The minimum absolute atomic E-state index is 0.309. The van der Waals surface area contributed by atoms with Gasteiger partial charge in [-0.25, -0.2) is 0 Å². The van der Waals surface area contributed by atoms with Crippen molar-refractivity contribution in [3.63, 3.8) is 0 Å². The first kappa shape index (κ1) is 10.7. The van der Waals surface area contributed by atoms with Gasteiger partial charge in [0.05, 0.1) is 12.2 Å². The molecule has 0 atom stereocenters. The summed E-state index contributed by atoms with van der Waals surface area (Å²) in [4.78, 5) is 0. The standard InChI is InChI=1S/C12H14N2O2/c1-9-6-11(16-14-9)8-13-7-10-4-2-3-5-12(10)15/h2-6,13,15H,7-8H2,1H3. The molecule has 0 aliphatic carbocycles. The van der Waals surface area contributed by atoms with Crippen LogP contribution < -0.4 is 5.32 Å². The highest BCUT2D eigenvalue weighted by Crippen LogP contribution is 2.15. The second kappa shape index (κ2) is 4.81. The van der Waals surface area contributed by atoms with Gasteiger partial charge >= 0.3 is 0 Å². The Morgan fingerprint density at radius 3 is 2.81 bits per heavy atom. The molecule has 4 nitrogen and oxygen atoms in total. The Morgan fingerprint density at radius 1 is 1.31 bits per heavy atom. The van der Waals surface area contributed by atoms with E-state index in [1.807, 2.05) is 25.1 Å². The minimum atomic E-state index is 0.309. The summed E-state index contributed by atoms with van der Waals surface area (Å²) in [6.45, 7) is 3.09. The van der Waals surface area contributed by atoms with Crippen LogP contribution in [-0.4, -0.2) is 10.3 Å². The normalized spacial score (nSPS) is 10.6. The molecule has 2 N–H and O–H groups in total. The molecule has 1 aromatic carbocycles. The van der Waals surface area contributed by atoms with Crippen LogP contribution in [0.4, 0.5) is 0 Å². The van der Waals surface area contributed by atoms with Gasteiger partial charge in [0.15, 0.2) is 5.76 Å². The fourth-order valence-electron chi connectivity index (χ4n) is 1.48. The highest BCUT2D eigenvalue weighted by Gasteiger charge is 2.02. The average molecular weight is 218 g/mol. The summed E-state index contributed by atoms with van der Waals surface area (Å²) in [5.41, 5.74) is 1.75. The molecule has 2 aromatic rings. The molecule has 0 bridgehead atoms. The summed E-state index contributed by atoms with van der Waals surface area (Å²) in [7, 11) is 0. The van der Waals surface area contributed by atoms with Crippen molar-refractivity contribution < 1.29 is 9.63 Å². The van der Waals surface area contributed by atoms with Crippen LogP contribution in [0.5, 0.6) is 5.75 Å². The largest absolute Gasteiger partial charge is 0.508 e. The van der Waals surface area contributed by atoms with Gasteiger partial charge in [0, 0.05) is 18.2 Å². The Hall–Kier alpha value is -1.81. The van der Waals surface area contributed by atoms with E-state index in [1.165, 1.54) is 0 Å². The maximum atomic E-state index is 9.54. The number of nitrogens with zero attached hydrogens (tertiary/aromatic N) is 1. The van der Waals surface area contributed by atoms with E-state index in [0.29, 0.717) is 18.8 Å². The van der Waals surface area contributed by atoms with E-state index in [-0.39, 0.29) is 0 Å². The van der Waals surface area contributed by atoms with E-state index < -0.39 is 0 Å². The first-order valence-corrected chi connectivity index (χ1v) is 5.15. The third kappa shape index (κ3) is 2.61. The molecule has 4 heteroatoms. The molecule has 2 rings (SSSR count). The zero-order valence-electron chi connectivity index (χ0n) is 9.10. The molecule has 0 amide bonds. The minimum Gasteiger partial charge on any atom is -0.508 e. The summed E-state index contributed by atoms with van der Waals surface area (Å²) in [5.74, 6) is 1.11. The third-order valence-electron chi connectivity index (χ3n) is 2.28. The van der Waals surface area contributed by atoms with Crippen LogP contribution in [0.1, 0.15) is 17.0 Å². The zero-order chi connectivity index (χ0) is 11.4.